The molecular formula is C14H16N2O2S. The number of nitrogens with one attached hydrogen (secondary N) is 1. The molecule has 0 aliphatic heterocycles. The molecule has 0 saturated heterocycles. The number of aryl methyl sites for hydroxylation is 1. The lowest BCUT2D eigenvalue weighted by Gasteiger charge is -2.08. The van der Waals surface area contributed by atoms with E-state index in [4.69, 9.17) is 0 Å². The monoisotopic (exact) mass is 276 g/mol. The van der Waals surface area contributed by atoms with Gasteiger partial charge in [0.1, 0.15) is 0 Å². The first-order chi connectivity index (χ1) is 8.97. The Morgan fingerprint density at radius 3 is 2.47 bits per heavy atom. The van der Waals surface area contributed by atoms with Crippen LogP contribution in [0.4, 0.5) is 5.69 Å². The van der Waals surface area contributed by atoms with Gasteiger partial charge in [0, 0.05) is 12.8 Å². The summed E-state index contributed by atoms with van der Waals surface area (Å²) in [5, 5.41) is 3.31. The Balaban J connectivity index is 2.07. The van der Waals surface area contributed by atoms with Crippen LogP contribution >= 0.6 is 0 Å². The zero-order valence-electron chi connectivity index (χ0n) is 10.9. The van der Waals surface area contributed by atoms with Gasteiger partial charge in [0.2, 0.25) is 0 Å². The maximum absolute atomic E-state index is 11.3. The Labute approximate surface area is 113 Å². The number of hydrogen-bond acceptors (Lipinski definition) is 4. The molecule has 19 heavy (non-hydrogen) atoms. The summed E-state index contributed by atoms with van der Waals surface area (Å²) in [7, 11) is -3.23. The predicted molar refractivity (Wildman–Crippen MR) is 75.9 cm³/mol. The van der Waals surface area contributed by atoms with Crippen molar-refractivity contribution in [2.45, 2.75) is 18.5 Å². The standard InChI is InChI=1S/C14H16N2O2S/c1-11-5-3-4-6-12(11)9-15-13-7-8-14(16-10-13)19(2,17)18/h3-8,10,15H,9H2,1-2H3. The van der Waals surface area contributed by atoms with E-state index in [1.54, 1.807) is 6.07 Å². The Hall–Kier alpha value is -1.88. The van der Waals surface area contributed by atoms with Crippen LogP contribution in [0.3, 0.4) is 0 Å². The van der Waals surface area contributed by atoms with Gasteiger partial charge in [0.15, 0.2) is 14.9 Å². The van der Waals surface area contributed by atoms with Gasteiger partial charge in [-0.15, -0.1) is 0 Å². The normalized spacial score (nSPS) is 11.3. The van der Waals surface area contributed by atoms with Crippen LogP contribution in [0, 0.1) is 6.92 Å². The van der Waals surface area contributed by atoms with Crippen LogP contribution in [-0.2, 0) is 16.4 Å². The van der Waals surface area contributed by atoms with E-state index < -0.39 is 9.84 Å². The summed E-state index contributed by atoms with van der Waals surface area (Å²) in [6, 6.07) is 11.3. The van der Waals surface area contributed by atoms with E-state index >= 15 is 0 Å². The molecular weight excluding hydrogens is 260 g/mol. The number of aromatic nitrogens is 1. The van der Waals surface area contributed by atoms with Crippen LogP contribution in [0.1, 0.15) is 11.1 Å². The van der Waals surface area contributed by atoms with E-state index in [0.717, 1.165) is 11.9 Å². The van der Waals surface area contributed by atoms with Gasteiger partial charge in [0.05, 0.1) is 11.9 Å². The minimum absolute atomic E-state index is 0.0916. The van der Waals surface area contributed by atoms with Crippen molar-refractivity contribution in [1.82, 2.24) is 4.98 Å². The second-order valence-electron chi connectivity index (χ2n) is 4.44. The second-order valence-corrected chi connectivity index (χ2v) is 6.40. The number of pyridine rings is 1. The first kappa shape index (κ1) is 13.5. The lowest BCUT2D eigenvalue weighted by Crippen LogP contribution is -2.04. The molecule has 0 atom stereocenters. The largest absolute Gasteiger partial charge is 0.380 e. The quantitative estimate of drug-likeness (QED) is 0.931. The molecule has 0 spiro atoms. The molecule has 100 valence electrons. The summed E-state index contributed by atoms with van der Waals surface area (Å²) in [6.07, 6.45) is 2.68. The fourth-order valence-corrected chi connectivity index (χ4v) is 2.27. The van der Waals surface area contributed by atoms with Gasteiger partial charge in [-0.1, -0.05) is 24.3 Å². The molecule has 4 nitrogen and oxygen atoms in total. The van der Waals surface area contributed by atoms with E-state index in [0.29, 0.717) is 6.54 Å². The Morgan fingerprint density at radius 2 is 1.89 bits per heavy atom. The van der Waals surface area contributed by atoms with Gasteiger partial charge in [-0.2, -0.15) is 0 Å². The summed E-state index contributed by atoms with van der Waals surface area (Å²) in [5.74, 6) is 0. The average molecular weight is 276 g/mol. The average Bonchev–Trinajstić information content (AvgIpc) is 2.37. The van der Waals surface area contributed by atoms with Crippen molar-refractivity contribution < 1.29 is 8.42 Å². The zero-order chi connectivity index (χ0) is 13.9. The molecule has 0 bridgehead atoms. The van der Waals surface area contributed by atoms with Gasteiger partial charge >= 0.3 is 0 Å². The van der Waals surface area contributed by atoms with Crippen molar-refractivity contribution in [3.8, 4) is 0 Å². The molecule has 1 N–H and O–H groups in total. The molecule has 0 aliphatic rings. The van der Waals surface area contributed by atoms with Crippen LogP contribution in [0.2, 0.25) is 0 Å². The highest BCUT2D eigenvalue weighted by atomic mass is 32.2. The predicted octanol–water partition coefficient (Wildman–Crippen LogP) is 2.41. The van der Waals surface area contributed by atoms with Crippen LogP contribution < -0.4 is 5.32 Å². The SMILES string of the molecule is Cc1ccccc1CNc1ccc(S(C)(=O)=O)nc1. The van der Waals surface area contributed by atoms with Gasteiger partial charge in [-0.25, -0.2) is 13.4 Å². The van der Waals surface area contributed by atoms with Crippen LogP contribution in [0.5, 0.6) is 0 Å². The maximum Gasteiger partial charge on any atom is 0.192 e. The molecule has 1 aromatic heterocycles. The highest BCUT2D eigenvalue weighted by Crippen LogP contribution is 2.13. The topological polar surface area (TPSA) is 59.1 Å². The molecule has 0 radical (unpaired) electrons. The summed E-state index contributed by atoms with van der Waals surface area (Å²) in [5.41, 5.74) is 3.22. The highest BCUT2D eigenvalue weighted by molar-refractivity contribution is 7.90. The molecule has 0 amide bonds. The summed E-state index contributed by atoms with van der Waals surface area (Å²) >= 11 is 0. The first-order valence-corrected chi connectivity index (χ1v) is 7.80. The molecule has 0 aliphatic carbocycles. The van der Waals surface area contributed by atoms with E-state index in [-0.39, 0.29) is 5.03 Å². The molecule has 2 rings (SSSR count). The number of nitrogens with zero attached hydrogens (tertiary/aromatic N) is 1. The maximum atomic E-state index is 11.3. The molecule has 0 fully saturated rings. The molecule has 1 aromatic carbocycles. The van der Waals surface area contributed by atoms with Gasteiger partial charge in [-0.05, 0) is 30.2 Å². The Morgan fingerprint density at radius 1 is 1.16 bits per heavy atom. The number of benzene rings is 1. The lowest BCUT2D eigenvalue weighted by atomic mass is 10.1. The number of sulfone groups is 1. The second kappa shape index (κ2) is 5.40. The van der Waals surface area contributed by atoms with E-state index in [2.05, 4.69) is 29.4 Å². The summed E-state index contributed by atoms with van der Waals surface area (Å²) < 4.78 is 22.6. The van der Waals surface area contributed by atoms with Crippen molar-refractivity contribution in [3.63, 3.8) is 0 Å². The van der Waals surface area contributed by atoms with Crippen LogP contribution in [0.15, 0.2) is 47.6 Å². The number of hydrogen-bond donors (Lipinski definition) is 1. The molecule has 0 unspecified atom stereocenters. The summed E-state index contributed by atoms with van der Waals surface area (Å²) in [4.78, 5) is 3.93. The van der Waals surface area contributed by atoms with Crippen molar-refractivity contribution >= 4 is 15.5 Å². The van der Waals surface area contributed by atoms with E-state index in [9.17, 15) is 8.42 Å². The smallest absolute Gasteiger partial charge is 0.192 e. The van der Waals surface area contributed by atoms with Crippen LogP contribution in [0.25, 0.3) is 0 Å². The molecule has 0 saturated carbocycles. The van der Waals surface area contributed by atoms with Crippen molar-refractivity contribution in [1.29, 1.82) is 0 Å². The third-order valence-electron chi connectivity index (χ3n) is 2.86. The van der Waals surface area contributed by atoms with Gasteiger partial charge < -0.3 is 5.32 Å². The van der Waals surface area contributed by atoms with Crippen molar-refractivity contribution in [2.24, 2.45) is 0 Å². The third kappa shape index (κ3) is 3.54. The van der Waals surface area contributed by atoms with Gasteiger partial charge in [0.25, 0.3) is 0 Å². The van der Waals surface area contributed by atoms with Crippen LogP contribution in [-0.4, -0.2) is 19.7 Å². The molecule has 1 heterocycles. The fourth-order valence-electron chi connectivity index (χ4n) is 1.71. The highest BCUT2D eigenvalue weighted by Gasteiger charge is 2.07. The van der Waals surface area contributed by atoms with E-state index in [1.807, 2.05) is 12.1 Å². The third-order valence-corrected chi connectivity index (χ3v) is 3.86. The molecule has 2 aromatic rings. The Kier molecular flexibility index (Phi) is 3.85. The zero-order valence-corrected chi connectivity index (χ0v) is 11.7. The minimum Gasteiger partial charge on any atom is -0.380 e. The van der Waals surface area contributed by atoms with Crippen molar-refractivity contribution in [2.75, 3.05) is 11.6 Å². The summed E-state index contributed by atoms with van der Waals surface area (Å²) in [6.45, 7) is 2.74. The number of anilines is 1. The fraction of sp³-hybridized carbons (Fsp3) is 0.214. The Bertz CT molecular complexity index is 664. The first-order valence-electron chi connectivity index (χ1n) is 5.91. The lowest BCUT2D eigenvalue weighted by molar-refractivity contribution is 0.598. The van der Waals surface area contributed by atoms with E-state index in [1.165, 1.54) is 23.4 Å². The van der Waals surface area contributed by atoms with Gasteiger partial charge in [-0.3, -0.25) is 0 Å². The minimum atomic E-state index is -3.23. The molecule has 5 heteroatoms. The number of rotatable bonds is 4. The van der Waals surface area contributed by atoms with Crippen molar-refractivity contribution in [3.05, 3.63) is 53.7 Å².